The number of nitrogens with one attached hydrogen (secondary N) is 1. The van der Waals surface area contributed by atoms with Gasteiger partial charge in [0.15, 0.2) is 23.0 Å². The number of benzene rings is 2. The van der Waals surface area contributed by atoms with E-state index in [9.17, 15) is 4.79 Å². The third kappa shape index (κ3) is 3.29. The maximum absolute atomic E-state index is 13.0. The van der Waals surface area contributed by atoms with Crippen LogP contribution in [0.25, 0.3) is 0 Å². The molecule has 0 saturated heterocycles. The van der Waals surface area contributed by atoms with Crippen LogP contribution in [0.2, 0.25) is 0 Å². The van der Waals surface area contributed by atoms with Crippen LogP contribution in [0.4, 0.5) is 5.69 Å². The normalized spacial score (nSPS) is 14.9. The standard InChI is InChI=1S/C21H24N2O6/c1-23-8-7-13-14(10-23)18(27-4)20-19(28-11-29-20)17(13)22-21(24)12-5-6-15(25-2)16(9-12)26-3/h5-6,9H,7-8,10-11H2,1-4H3,(H,22,24). The van der Waals surface area contributed by atoms with Crippen molar-refractivity contribution in [2.75, 3.05) is 47.0 Å². The van der Waals surface area contributed by atoms with Gasteiger partial charge < -0.3 is 33.9 Å². The summed E-state index contributed by atoms with van der Waals surface area (Å²) in [6.07, 6.45) is 0.764. The lowest BCUT2D eigenvalue weighted by atomic mass is 9.95. The molecule has 0 unspecified atom stereocenters. The van der Waals surface area contributed by atoms with Crippen molar-refractivity contribution in [1.82, 2.24) is 4.90 Å². The smallest absolute Gasteiger partial charge is 0.255 e. The van der Waals surface area contributed by atoms with Gasteiger partial charge in [-0.3, -0.25) is 4.79 Å². The lowest BCUT2D eigenvalue weighted by Crippen LogP contribution is -2.28. The fourth-order valence-electron chi connectivity index (χ4n) is 3.80. The Morgan fingerprint density at radius 3 is 2.52 bits per heavy atom. The molecule has 8 heteroatoms. The fourth-order valence-corrected chi connectivity index (χ4v) is 3.80. The van der Waals surface area contributed by atoms with E-state index in [0.29, 0.717) is 46.5 Å². The third-order valence-electron chi connectivity index (χ3n) is 5.25. The number of methoxy groups -OCH3 is 3. The van der Waals surface area contributed by atoms with Gasteiger partial charge in [-0.15, -0.1) is 0 Å². The van der Waals surface area contributed by atoms with Crippen molar-refractivity contribution in [2.24, 2.45) is 0 Å². The maximum atomic E-state index is 13.0. The van der Waals surface area contributed by atoms with E-state index in [2.05, 4.69) is 17.3 Å². The first-order chi connectivity index (χ1) is 14.1. The lowest BCUT2D eigenvalue weighted by Gasteiger charge is -2.29. The van der Waals surface area contributed by atoms with Crippen LogP contribution in [0.5, 0.6) is 28.7 Å². The van der Waals surface area contributed by atoms with Crippen molar-refractivity contribution in [3.63, 3.8) is 0 Å². The molecule has 0 atom stereocenters. The number of ether oxygens (including phenoxy) is 5. The van der Waals surface area contributed by atoms with E-state index in [4.69, 9.17) is 23.7 Å². The highest BCUT2D eigenvalue weighted by Crippen LogP contribution is 2.52. The SMILES string of the molecule is COc1ccc(C(=O)Nc2c3c(c(OC)c4c2OCO4)CN(C)CC3)cc1OC. The zero-order chi connectivity index (χ0) is 20.5. The first kappa shape index (κ1) is 19.2. The van der Waals surface area contributed by atoms with Crippen LogP contribution in [0.15, 0.2) is 18.2 Å². The maximum Gasteiger partial charge on any atom is 0.255 e. The molecule has 0 aromatic heterocycles. The summed E-state index contributed by atoms with van der Waals surface area (Å²) in [5.74, 6) is 2.50. The molecular formula is C21H24N2O6. The van der Waals surface area contributed by atoms with E-state index in [-0.39, 0.29) is 12.7 Å². The van der Waals surface area contributed by atoms with Crippen molar-refractivity contribution in [3.8, 4) is 28.7 Å². The second-order valence-corrected chi connectivity index (χ2v) is 6.94. The van der Waals surface area contributed by atoms with E-state index in [1.54, 1.807) is 32.4 Å². The number of anilines is 1. The molecule has 8 nitrogen and oxygen atoms in total. The molecule has 2 aromatic carbocycles. The molecule has 2 aromatic rings. The predicted molar refractivity (Wildman–Crippen MR) is 107 cm³/mol. The molecule has 2 aliphatic heterocycles. The van der Waals surface area contributed by atoms with Crippen molar-refractivity contribution in [3.05, 3.63) is 34.9 Å². The number of amides is 1. The number of likely N-dealkylation sites (N-methyl/N-ethyl adjacent to an activating group) is 1. The molecule has 0 aliphatic carbocycles. The molecule has 0 bridgehead atoms. The van der Waals surface area contributed by atoms with Crippen molar-refractivity contribution < 1.29 is 28.5 Å². The largest absolute Gasteiger partial charge is 0.493 e. The van der Waals surface area contributed by atoms with Gasteiger partial charge in [0.1, 0.15) is 0 Å². The Bertz CT molecular complexity index is 959. The molecular weight excluding hydrogens is 376 g/mol. The van der Waals surface area contributed by atoms with E-state index < -0.39 is 0 Å². The van der Waals surface area contributed by atoms with Crippen LogP contribution in [-0.4, -0.2) is 52.5 Å². The Morgan fingerprint density at radius 2 is 1.79 bits per heavy atom. The van der Waals surface area contributed by atoms with Gasteiger partial charge in [0, 0.05) is 24.2 Å². The minimum absolute atomic E-state index is 0.0870. The van der Waals surface area contributed by atoms with Crippen LogP contribution >= 0.6 is 0 Å². The van der Waals surface area contributed by atoms with Crippen molar-refractivity contribution in [1.29, 1.82) is 0 Å². The molecule has 1 N–H and O–H groups in total. The van der Waals surface area contributed by atoms with Crippen LogP contribution in [0.1, 0.15) is 21.5 Å². The van der Waals surface area contributed by atoms with E-state index in [0.717, 1.165) is 24.1 Å². The highest BCUT2D eigenvalue weighted by Gasteiger charge is 2.33. The van der Waals surface area contributed by atoms with Crippen molar-refractivity contribution >= 4 is 11.6 Å². The van der Waals surface area contributed by atoms with Gasteiger partial charge in [0.2, 0.25) is 12.5 Å². The lowest BCUT2D eigenvalue weighted by molar-refractivity contribution is 0.102. The summed E-state index contributed by atoms with van der Waals surface area (Å²) >= 11 is 0. The average Bonchev–Trinajstić information content (AvgIpc) is 3.22. The number of carbonyl (C=O) groups is 1. The van der Waals surface area contributed by atoms with E-state index in [1.807, 2.05) is 0 Å². The highest BCUT2D eigenvalue weighted by molar-refractivity contribution is 6.06. The molecule has 154 valence electrons. The van der Waals surface area contributed by atoms with Gasteiger partial charge in [0.25, 0.3) is 5.91 Å². The quantitative estimate of drug-likeness (QED) is 0.827. The Morgan fingerprint density at radius 1 is 1.03 bits per heavy atom. The monoisotopic (exact) mass is 400 g/mol. The second-order valence-electron chi connectivity index (χ2n) is 6.94. The highest BCUT2D eigenvalue weighted by atomic mass is 16.7. The average molecular weight is 400 g/mol. The van der Waals surface area contributed by atoms with Gasteiger partial charge in [0.05, 0.1) is 27.0 Å². The minimum Gasteiger partial charge on any atom is -0.493 e. The number of hydrogen-bond acceptors (Lipinski definition) is 7. The van der Waals surface area contributed by atoms with Gasteiger partial charge >= 0.3 is 0 Å². The number of rotatable bonds is 5. The Labute approximate surface area is 169 Å². The number of nitrogens with zero attached hydrogens (tertiary/aromatic N) is 1. The summed E-state index contributed by atoms with van der Waals surface area (Å²) in [5.41, 5.74) is 3.11. The number of carbonyl (C=O) groups excluding carboxylic acids is 1. The summed E-state index contributed by atoms with van der Waals surface area (Å²) in [7, 11) is 6.76. The summed E-state index contributed by atoms with van der Waals surface area (Å²) in [6.45, 7) is 1.66. The molecule has 0 spiro atoms. The number of fused-ring (bicyclic) bond motifs is 2. The van der Waals surface area contributed by atoms with Gasteiger partial charge in [-0.2, -0.15) is 0 Å². The first-order valence-corrected chi connectivity index (χ1v) is 9.30. The molecule has 0 fully saturated rings. The molecule has 1 amide bonds. The van der Waals surface area contributed by atoms with Crippen LogP contribution < -0.4 is 29.0 Å². The van der Waals surface area contributed by atoms with Gasteiger partial charge in [-0.05, 0) is 37.2 Å². The first-order valence-electron chi connectivity index (χ1n) is 9.30. The molecule has 2 aliphatic rings. The molecule has 0 saturated carbocycles. The van der Waals surface area contributed by atoms with E-state index in [1.165, 1.54) is 7.11 Å². The van der Waals surface area contributed by atoms with Crippen LogP contribution in [-0.2, 0) is 13.0 Å². The Kier molecular flexibility index (Phi) is 5.10. The Balaban J connectivity index is 1.75. The summed E-state index contributed by atoms with van der Waals surface area (Å²) in [5, 5.41) is 3.03. The Hall–Kier alpha value is -3.13. The zero-order valence-electron chi connectivity index (χ0n) is 17.0. The van der Waals surface area contributed by atoms with Gasteiger partial charge in [-0.1, -0.05) is 0 Å². The van der Waals surface area contributed by atoms with Crippen LogP contribution in [0.3, 0.4) is 0 Å². The fraction of sp³-hybridized carbons (Fsp3) is 0.381. The zero-order valence-corrected chi connectivity index (χ0v) is 17.0. The topological polar surface area (TPSA) is 78.5 Å². The summed E-state index contributed by atoms with van der Waals surface area (Å²) in [6, 6.07) is 5.05. The molecule has 4 rings (SSSR count). The molecule has 0 radical (unpaired) electrons. The number of hydrogen-bond donors (Lipinski definition) is 1. The minimum atomic E-state index is -0.269. The van der Waals surface area contributed by atoms with E-state index >= 15 is 0 Å². The van der Waals surface area contributed by atoms with Gasteiger partial charge in [-0.25, -0.2) is 0 Å². The third-order valence-corrected chi connectivity index (χ3v) is 5.25. The summed E-state index contributed by atoms with van der Waals surface area (Å²) < 4.78 is 27.6. The molecule has 29 heavy (non-hydrogen) atoms. The summed E-state index contributed by atoms with van der Waals surface area (Å²) in [4.78, 5) is 15.2. The predicted octanol–water partition coefficient (Wildman–Crippen LogP) is 2.68. The second kappa shape index (κ2) is 7.71. The van der Waals surface area contributed by atoms with Crippen molar-refractivity contribution in [2.45, 2.75) is 13.0 Å². The molecule has 2 heterocycles. The van der Waals surface area contributed by atoms with Crippen LogP contribution in [0, 0.1) is 0 Å².